The Labute approximate surface area is 96.0 Å². The molecule has 90 valence electrons. The van der Waals surface area contributed by atoms with E-state index < -0.39 is 0 Å². The first-order valence-corrected chi connectivity index (χ1v) is 7.14. The molecule has 1 N–H and O–H groups in total. The van der Waals surface area contributed by atoms with Crippen molar-refractivity contribution in [3.63, 3.8) is 0 Å². The van der Waals surface area contributed by atoms with Crippen LogP contribution in [0.5, 0.6) is 0 Å². The number of nitrogens with one attached hydrogen (secondary N) is 1. The summed E-state index contributed by atoms with van der Waals surface area (Å²) in [5.74, 6) is 1.11. The molecule has 0 unspecified atom stereocenters. The van der Waals surface area contributed by atoms with Gasteiger partial charge in [-0.15, -0.1) is 0 Å². The molecular formula is C14H29N. The van der Waals surface area contributed by atoms with Crippen molar-refractivity contribution in [3.05, 3.63) is 0 Å². The molecule has 0 spiro atoms. The van der Waals surface area contributed by atoms with Crippen LogP contribution in [-0.4, -0.2) is 13.1 Å². The fraction of sp³-hybridized carbons (Fsp3) is 1.00. The minimum absolute atomic E-state index is 1.11. The molecule has 1 heterocycles. The van der Waals surface area contributed by atoms with Gasteiger partial charge in [-0.25, -0.2) is 0 Å². The standard InChI is InChI=1S/C10H20.C4H9N/c1-2-3-7-10-8-5-4-6-9-10;1-2-4-5-3-1/h10H,2-9H2,1H3;5H,1-4H2. The second-order valence-electron chi connectivity index (χ2n) is 5.10. The Kier molecular flexibility index (Phi) is 7.99. The summed E-state index contributed by atoms with van der Waals surface area (Å²) in [6.45, 7) is 4.79. The zero-order chi connectivity index (χ0) is 10.8. The Hall–Kier alpha value is -0.0400. The largest absolute Gasteiger partial charge is 0.317 e. The molecule has 0 radical (unpaired) electrons. The van der Waals surface area contributed by atoms with Gasteiger partial charge in [-0.3, -0.25) is 0 Å². The third kappa shape index (κ3) is 6.94. The maximum absolute atomic E-state index is 3.22. The van der Waals surface area contributed by atoms with E-state index >= 15 is 0 Å². The van der Waals surface area contributed by atoms with Crippen molar-refractivity contribution in [2.45, 2.75) is 71.1 Å². The van der Waals surface area contributed by atoms with Gasteiger partial charge in [-0.2, -0.15) is 0 Å². The first-order valence-electron chi connectivity index (χ1n) is 7.14. The van der Waals surface area contributed by atoms with Crippen LogP contribution in [0.3, 0.4) is 0 Å². The van der Waals surface area contributed by atoms with Crippen LogP contribution in [0.2, 0.25) is 0 Å². The second-order valence-corrected chi connectivity index (χ2v) is 5.10. The lowest BCUT2D eigenvalue weighted by molar-refractivity contribution is 0.331. The molecule has 1 heteroatoms. The molecule has 0 bridgehead atoms. The minimum atomic E-state index is 1.11. The highest BCUT2D eigenvalue weighted by Gasteiger charge is 2.11. The fourth-order valence-corrected chi connectivity index (χ4v) is 2.59. The number of hydrogen-bond acceptors (Lipinski definition) is 1. The monoisotopic (exact) mass is 211 g/mol. The summed E-state index contributed by atoms with van der Waals surface area (Å²) < 4.78 is 0. The zero-order valence-electron chi connectivity index (χ0n) is 10.6. The Bertz CT molecular complexity index is 116. The predicted molar refractivity (Wildman–Crippen MR) is 68.2 cm³/mol. The van der Waals surface area contributed by atoms with E-state index in [-0.39, 0.29) is 0 Å². The van der Waals surface area contributed by atoms with Crippen molar-refractivity contribution < 1.29 is 0 Å². The van der Waals surface area contributed by atoms with Gasteiger partial charge in [0.1, 0.15) is 0 Å². The molecule has 1 nitrogen and oxygen atoms in total. The van der Waals surface area contributed by atoms with Crippen LogP contribution in [0, 0.1) is 5.92 Å². The van der Waals surface area contributed by atoms with E-state index in [1.165, 1.54) is 77.3 Å². The Morgan fingerprint density at radius 3 is 2.07 bits per heavy atom. The lowest BCUT2D eigenvalue weighted by Gasteiger charge is -2.20. The quantitative estimate of drug-likeness (QED) is 0.740. The van der Waals surface area contributed by atoms with Crippen LogP contribution >= 0.6 is 0 Å². The second kappa shape index (κ2) is 9.21. The normalized spacial score (nSPS) is 22.2. The van der Waals surface area contributed by atoms with Crippen molar-refractivity contribution >= 4 is 0 Å². The van der Waals surface area contributed by atoms with Crippen LogP contribution in [-0.2, 0) is 0 Å². The van der Waals surface area contributed by atoms with Gasteiger partial charge in [0.05, 0.1) is 0 Å². The van der Waals surface area contributed by atoms with Crippen molar-refractivity contribution in [1.82, 2.24) is 5.32 Å². The number of hydrogen-bond donors (Lipinski definition) is 1. The SMILES string of the molecule is C1CCNC1.CCCCC1CCCCC1. The molecule has 1 saturated carbocycles. The molecule has 0 atom stereocenters. The summed E-state index contributed by atoms with van der Waals surface area (Å²) in [4.78, 5) is 0. The summed E-state index contributed by atoms with van der Waals surface area (Å²) in [5.41, 5.74) is 0. The van der Waals surface area contributed by atoms with Gasteiger partial charge < -0.3 is 5.32 Å². The van der Waals surface area contributed by atoms with Crippen LogP contribution in [0.4, 0.5) is 0 Å². The van der Waals surface area contributed by atoms with Crippen molar-refractivity contribution in [2.24, 2.45) is 5.92 Å². The highest BCUT2D eigenvalue weighted by atomic mass is 14.9. The molecular weight excluding hydrogens is 182 g/mol. The van der Waals surface area contributed by atoms with Crippen molar-refractivity contribution in [3.8, 4) is 0 Å². The first kappa shape index (κ1) is 13.0. The molecule has 2 fully saturated rings. The van der Waals surface area contributed by atoms with Gasteiger partial charge in [0.2, 0.25) is 0 Å². The van der Waals surface area contributed by atoms with Gasteiger partial charge >= 0.3 is 0 Å². The van der Waals surface area contributed by atoms with E-state index in [4.69, 9.17) is 0 Å². The maximum atomic E-state index is 3.22. The van der Waals surface area contributed by atoms with Crippen LogP contribution in [0.25, 0.3) is 0 Å². The zero-order valence-corrected chi connectivity index (χ0v) is 10.6. The van der Waals surface area contributed by atoms with Crippen molar-refractivity contribution in [2.75, 3.05) is 13.1 Å². The predicted octanol–water partition coefficient (Wildman–Crippen LogP) is 4.13. The molecule has 0 aromatic carbocycles. The molecule has 0 aromatic heterocycles. The van der Waals surface area contributed by atoms with E-state index in [1.807, 2.05) is 0 Å². The smallest absolute Gasteiger partial charge is 0.00484 e. The summed E-state index contributed by atoms with van der Waals surface area (Å²) >= 11 is 0. The van der Waals surface area contributed by atoms with E-state index in [0.717, 1.165) is 5.92 Å². The Morgan fingerprint density at radius 2 is 1.60 bits per heavy atom. The first-order chi connectivity index (χ1) is 7.43. The van der Waals surface area contributed by atoms with Crippen LogP contribution < -0.4 is 5.32 Å². The van der Waals surface area contributed by atoms with Crippen LogP contribution in [0.1, 0.15) is 71.1 Å². The summed E-state index contributed by atoms with van der Waals surface area (Å²) in [5, 5.41) is 3.22. The summed E-state index contributed by atoms with van der Waals surface area (Å²) in [6.07, 6.45) is 14.7. The lowest BCUT2D eigenvalue weighted by Crippen LogP contribution is -2.05. The molecule has 0 amide bonds. The molecule has 2 aliphatic rings. The van der Waals surface area contributed by atoms with Crippen molar-refractivity contribution in [1.29, 1.82) is 0 Å². The van der Waals surface area contributed by atoms with Gasteiger partial charge in [0, 0.05) is 0 Å². The van der Waals surface area contributed by atoms with Crippen LogP contribution in [0.15, 0.2) is 0 Å². The third-order valence-corrected chi connectivity index (χ3v) is 3.65. The molecule has 2 rings (SSSR count). The highest BCUT2D eigenvalue weighted by molar-refractivity contribution is 4.65. The lowest BCUT2D eigenvalue weighted by atomic mass is 9.86. The van der Waals surface area contributed by atoms with Gasteiger partial charge in [0.25, 0.3) is 0 Å². The van der Waals surface area contributed by atoms with E-state index in [0.29, 0.717) is 0 Å². The average Bonchev–Trinajstić information content (AvgIpc) is 2.86. The molecule has 1 saturated heterocycles. The van der Waals surface area contributed by atoms with E-state index in [9.17, 15) is 0 Å². The summed E-state index contributed by atoms with van der Waals surface area (Å²) in [7, 11) is 0. The fourth-order valence-electron chi connectivity index (χ4n) is 2.59. The Balaban J connectivity index is 0.000000187. The highest BCUT2D eigenvalue weighted by Crippen LogP contribution is 2.27. The van der Waals surface area contributed by atoms with Gasteiger partial charge in [-0.05, 0) is 31.8 Å². The number of rotatable bonds is 3. The molecule has 1 aliphatic heterocycles. The van der Waals surface area contributed by atoms with Gasteiger partial charge in [-0.1, -0.05) is 58.3 Å². The summed E-state index contributed by atoms with van der Waals surface area (Å²) in [6, 6.07) is 0. The maximum Gasteiger partial charge on any atom is -0.00484 e. The molecule has 1 aliphatic carbocycles. The van der Waals surface area contributed by atoms with E-state index in [1.54, 1.807) is 0 Å². The topological polar surface area (TPSA) is 12.0 Å². The Morgan fingerprint density at radius 1 is 0.933 bits per heavy atom. The van der Waals surface area contributed by atoms with Gasteiger partial charge in [0.15, 0.2) is 0 Å². The number of unbranched alkanes of at least 4 members (excludes halogenated alkanes) is 1. The third-order valence-electron chi connectivity index (χ3n) is 3.65. The minimum Gasteiger partial charge on any atom is -0.317 e. The average molecular weight is 211 g/mol. The van der Waals surface area contributed by atoms with E-state index in [2.05, 4.69) is 12.2 Å². The molecule has 15 heavy (non-hydrogen) atoms. The molecule has 0 aromatic rings.